The van der Waals surface area contributed by atoms with Crippen molar-refractivity contribution in [1.82, 2.24) is 9.13 Å². The van der Waals surface area contributed by atoms with Crippen LogP contribution in [0.5, 0.6) is 0 Å². The van der Waals surface area contributed by atoms with E-state index >= 15 is 0 Å². The number of hydrogen-bond acceptors (Lipinski definition) is 0. The summed E-state index contributed by atoms with van der Waals surface area (Å²) >= 11 is 0. The fraction of sp³-hybridized carbons (Fsp3) is 0.164. The molecule has 0 N–H and O–H groups in total. The van der Waals surface area contributed by atoms with Gasteiger partial charge in [-0.15, -0.1) is 0 Å². The summed E-state index contributed by atoms with van der Waals surface area (Å²) in [6.45, 7) is 14.8. The molecule has 3 aliphatic carbocycles. The third-order valence-corrected chi connectivity index (χ3v) is 17.7. The molecule has 0 unspecified atom stereocenters. The fourth-order valence-corrected chi connectivity index (χ4v) is 14.2. The first-order valence-electron chi connectivity index (χ1n) is 24.8. The third-order valence-electron chi connectivity index (χ3n) is 17.7. The lowest BCUT2D eigenvalue weighted by Gasteiger charge is -2.25. The van der Waals surface area contributed by atoms with E-state index in [9.17, 15) is 0 Å². The Morgan fingerprint density at radius 3 is 0.986 bits per heavy atom. The van der Waals surface area contributed by atoms with Crippen LogP contribution >= 0.6 is 0 Å². The van der Waals surface area contributed by atoms with Gasteiger partial charge in [0.15, 0.2) is 0 Å². The number of fused-ring (bicyclic) bond motifs is 19. The zero-order chi connectivity index (χ0) is 46.6. The molecule has 2 aromatic heterocycles. The highest BCUT2D eigenvalue weighted by Gasteiger charge is 2.46. The first-order chi connectivity index (χ1) is 33.4. The standard InChI is InChI=1S/C67H52N2/c1-65(2)53-35-51-55(66(3,4)57-31-47(37-19-9-11-23-41(37)61(51)57)45-27-17-25-43-39-21-13-15-29-59(39)68(7)63(43)45)33-49(53)50-34-56-52(36-54(50)65)62-42-24-12-10-20-38(42)48(32-58(62)67(56,5)6)46-28-18-26-44-40-22-14-16-30-60(40)69(8)64(44)46/h9-36H,1-8H3. The van der Waals surface area contributed by atoms with E-state index < -0.39 is 0 Å². The number of para-hydroxylation sites is 4. The van der Waals surface area contributed by atoms with Gasteiger partial charge < -0.3 is 9.13 Å². The molecule has 0 amide bonds. The molecule has 0 aliphatic heterocycles. The highest BCUT2D eigenvalue weighted by Crippen LogP contribution is 2.62. The van der Waals surface area contributed by atoms with Crippen LogP contribution in [-0.2, 0) is 30.3 Å². The highest BCUT2D eigenvalue weighted by atomic mass is 14.9. The normalized spacial score (nSPS) is 15.6. The summed E-state index contributed by atoms with van der Waals surface area (Å²) in [6.07, 6.45) is 0. The van der Waals surface area contributed by atoms with Gasteiger partial charge >= 0.3 is 0 Å². The Balaban J connectivity index is 0.917. The smallest absolute Gasteiger partial charge is 0.0568 e. The number of benzene rings is 10. The van der Waals surface area contributed by atoms with Crippen molar-refractivity contribution < 1.29 is 0 Å². The van der Waals surface area contributed by atoms with Gasteiger partial charge in [0.1, 0.15) is 0 Å². The molecule has 15 rings (SSSR count). The molecule has 0 atom stereocenters. The lowest BCUT2D eigenvalue weighted by Crippen LogP contribution is -2.17. The topological polar surface area (TPSA) is 9.86 Å². The molecule has 0 saturated heterocycles. The molecule has 0 fully saturated rings. The molecule has 330 valence electrons. The van der Waals surface area contributed by atoms with Crippen molar-refractivity contribution in [2.45, 2.75) is 57.8 Å². The minimum atomic E-state index is -0.215. The number of rotatable bonds is 2. The monoisotopic (exact) mass is 884 g/mol. The Bertz CT molecular complexity index is 4070. The quantitative estimate of drug-likeness (QED) is 0.164. The van der Waals surface area contributed by atoms with Gasteiger partial charge in [0.2, 0.25) is 0 Å². The summed E-state index contributed by atoms with van der Waals surface area (Å²) < 4.78 is 4.80. The molecule has 3 aliphatic rings. The molecule has 69 heavy (non-hydrogen) atoms. The van der Waals surface area contributed by atoms with Crippen LogP contribution in [0.3, 0.4) is 0 Å². The SMILES string of the molecule is Cn1c2ccccc2c2cccc(-c3cc4c(c5ccccc35)-c3cc5c(cc3C4(C)C)-c3cc4c(cc3C5(C)C)-c3c(cc(-c5cccc6c7ccccc7n(C)c56)c5ccccc35)C4(C)C)c21. The van der Waals surface area contributed by atoms with Crippen molar-refractivity contribution in [3.8, 4) is 55.6 Å². The van der Waals surface area contributed by atoms with Crippen molar-refractivity contribution in [2.75, 3.05) is 0 Å². The number of aryl methyl sites for hydroxylation is 2. The average Bonchev–Trinajstić information content (AvgIpc) is 4.05. The van der Waals surface area contributed by atoms with Crippen molar-refractivity contribution >= 4 is 65.2 Å². The van der Waals surface area contributed by atoms with Crippen LogP contribution in [0.4, 0.5) is 0 Å². The zero-order valence-electron chi connectivity index (χ0n) is 40.6. The molecule has 0 spiro atoms. The largest absolute Gasteiger partial charge is 0.343 e. The van der Waals surface area contributed by atoms with Crippen molar-refractivity contribution in [2.24, 2.45) is 14.1 Å². The predicted octanol–water partition coefficient (Wildman–Crippen LogP) is 17.5. The Labute approximate surface area is 403 Å². The van der Waals surface area contributed by atoms with Gasteiger partial charge in [-0.3, -0.25) is 0 Å². The zero-order valence-corrected chi connectivity index (χ0v) is 40.6. The number of aromatic nitrogens is 2. The van der Waals surface area contributed by atoms with Gasteiger partial charge in [0.05, 0.1) is 11.0 Å². The van der Waals surface area contributed by atoms with Crippen molar-refractivity contribution in [3.05, 3.63) is 203 Å². The molecule has 2 heteroatoms. The molecule has 2 heterocycles. The fourth-order valence-electron chi connectivity index (χ4n) is 14.2. The molecule has 0 radical (unpaired) electrons. The first kappa shape index (κ1) is 39.3. The van der Waals surface area contributed by atoms with Crippen LogP contribution in [0.2, 0.25) is 0 Å². The van der Waals surface area contributed by atoms with E-state index in [-0.39, 0.29) is 16.2 Å². The van der Waals surface area contributed by atoms with Gasteiger partial charge in [-0.25, -0.2) is 0 Å². The molecule has 10 aromatic carbocycles. The van der Waals surface area contributed by atoms with E-state index in [4.69, 9.17) is 0 Å². The van der Waals surface area contributed by atoms with Crippen molar-refractivity contribution in [3.63, 3.8) is 0 Å². The van der Waals surface area contributed by atoms with E-state index in [1.54, 1.807) is 0 Å². The van der Waals surface area contributed by atoms with Crippen LogP contribution < -0.4 is 0 Å². The Morgan fingerprint density at radius 1 is 0.261 bits per heavy atom. The van der Waals surface area contributed by atoms with Crippen LogP contribution in [-0.4, -0.2) is 9.13 Å². The second kappa shape index (κ2) is 12.9. The van der Waals surface area contributed by atoms with E-state index in [1.807, 2.05) is 0 Å². The lowest BCUT2D eigenvalue weighted by molar-refractivity contribution is 0.649. The second-order valence-electron chi connectivity index (χ2n) is 22.1. The number of nitrogens with zero attached hydrogens (tertiary/aromatic N) is 2. The molecular weight excluding hydrogens is 833 g/mol. The van der Waals surface area contributed by atoms with Gasteiger partial charge in [0.25, 0.3) is 0 Å². The maximum Gasteiger partial charge on any atom is 0.0568 e. The van der Waals surface area contributed by atoms with Crippen molar-refractivity contribution in [1.29, 1.82) is 0 Å². The van der Waals surface area contributed by atoms with Crippen LogP contribution in [0, 0.1) is 0 Å². The second-order valence-corrected chi connectivity index (χ2v) is 22.1. The van der Waals surface area contributed by atoms with Gasteiger partial charge in [0, 0.05) is 74.0 Å². The van der Waals surface area contributed by atoms with E-state index in [2.05, 4.69) is 235 Å². The van der Waals surface area contributed by atoms with E-state index in [0.29, 0.717) is 0 Å². The minimum Gasteiger partial charge on any atom is -0.343 e. The third kappa shape index (κ3) is 4.73. The number of hydrogen-bond donors (Lipinski definition) is 0. The first-order valence-corrected chi connectivity index (χ1v) is 24.8. The Kier molecular flexibility index (Phi) is 7.35. The van der Waals surface area contributed by atoms with Gasteiger partial charge in [-0.1, -0.05) is 163 Å². The molecule has 2 nitrogen and oxygen atoms in total. The van der Waals surface area contributed by atoms with Gasteiger partial charge in [-0.2, -0.15) is 0 Å². The summed E-state index contributed by atoms with van der Waals surface area (Å²) in [5.74, 6) is 0. The van der Waals surface area contributed by atoms with E-state index in [0.717, 1.165) is 0 Å². The summed E-state index contributed by atoms with van der Waals surface area (Å²) in [5, 5.41) is 10.5. The molecular formula is C67H52N2. The summed E-state index contributed by atoms with van der Waals surface area (Å²) in [4.78, 5) is 0. The van der Waals surface area contributed by atoms with Crippen LogP contribution in [0.25, 0.3) is 121 Å². The minimum absolute atomic E-state index is 0.200. The predicted molar refractivity (Wildman–Crippen MR) is 293 cm³/mol. The van der Waals surface area contributed by atoms with Gasteiger partial charge in [-0.05, 0) is 148 Å². The summed E-state index contributed by atoms with van der Waals surface area (Å²) in [5.41, 5.74) is 26.5. The van der Waals surface area contributed by atoms with E-state index in [1.165, 1.54) is 154 Å². The molecule has 0 saturated carbocycles. The Morgan fingerprint density at radius 2 is 0.565 bits per heavy atom. The van der Waals surface area contributed by atoms with Crippen LogP contribution in [0.1, 0.15) is 74.9 Å². The summed E-state index contributed by atoms with van der Waals surface area (Å²) in [7, 11) is 4.46. The summed E-state index contributed by atoms with van der Waals surface area (Å²) in [6, 6.07) is 65.3. The lowest BCUT2D eigenvalue weighted by atomic mass is 9.78. The molecule has 12 aromatic rings. The average molecular weight is 885 g/mol. The molecule has 0 bridgehead atoms. The maximum atomic E-state index is 2.61. The Hall–Kier alpha value is -7.68. The van der Waals surface area contributed by atoms with Crippen LogP contribution in [0.15, 0.2) is 170 Å². The maximum absolute atomic E-state index is 2.61. The highest BCUT2D eigenvalue weighted by molar-refractivity contribution is 6.19.